The van der Waals surface area contributed by atoms with Crippen molar-refractivity contribution in [1.82, 2.24) is 5.32 Å². The molecule has 0 aliphatic rings. The van der Waals surface area contributed by atoms with Crippen molar-refractivity contribution in [3.8, 4) is 0 Å². The highest BCUT2D eigenvalue weighted by Crippen LogP contribution is 2.06. The van der Waals surface area contributed by atoms with Crippen molar-refractivity contribution in [3.05, 3.63) is 0 Å². The largest absolute Gasteiger partial charge is 0.359 e. The van der Waals surface area contributed by atoms with Crippen LogP contribution in [0.2, 0.25) is 0 Å². The van der Waals surface area contributed by atoms with E-state index in [1.54, 1.807) is 7.05 Å². The van der Waals surface area contributed by atoms with Gasteiger partial charge < -0.3 is 11.1 Å². The molecule has 0 aromatic carbocycles. The fraction of sp³-hybridized carbons (Fsp3) is 0.889. The summed E-state index contributed by atoms with van der Waals surface area (Å²) < 4.78 is 0. The van der Waals surface area contributed by atoms with E-state index in [-0.39, 0.29) is 11.9 Å². The predicted octanol–water partition coefficient (Wildman–Crippen LogP) is 0.886. The van der Waals surface area contributed by atoms with Crippen LogP contribution in [-0.4, -0.2) is 19.0 Å². The van der Waals surface area contributed by atoms with E-state index in [1.165, 1.54) is 0 Å². The summed E-state index contributed by atoms with van der Waals surface area (Å²) in [6.07, 6.45) is 2.33. The van der Waals surface area contributed by atoms with E-state index in [4.69, 9.17) is 5.73 Å². The van der Waals surface area contributed by atoms with Crippen molar-refractivity contribution in [2.75, 3.05) is 7.05 Å². The Bertz CT molecular complexity index is 134. The molecule has 1 amide bonds. The van der Waals surface area contributed by atoms with E-state index < -0.39 is 0 Å². The molecule has 0 saturated heterocycles. The van der Waals surface area contributed by atoms with Gasteiger partial charge in [-0.05, 0) is 18.8 Å². The molecule has 0 heterocycles. The van der Waals surface area contributed by atoms with Crippen LogP contribution < -0.4 is 11.1 Å². The summed E-state index contributed by atoms with van der Waals surface area (Å²) in [4.78, 5) is 10.8. The second kappa shape index (κ2) is 6.00. The molecule has 12 heavy (non-hydrogen) atoms. The van der Waals surface area contributed by atoms with E-state index in [0.717, 1.165) is 12.8 Å². The summed E-state index contributed by atoms with van der Waals surface area (Å²) >= 11 is 0. The molecule has 3 heteroatoms. The van der Waals surface area contributed by atoms with Gasteiger partial charge in [-0.2, -0.15) is 0 Å². The quantitative estimate of drug-likeness (QED) is 0.647. The number of hydrogen-bond donors (Lipinski definition) is 2. The Morgan fingerprint density at radius 3 is 2.50 bits per heavy atom. The van der Waals surface area contributed by atoms with Gasteiger partial charge in [0.2, 0.25) is 5.91 Å². The van der Waals surface area contributed by atoms with E-state index in [2.05, 4.69) is 19.2 Å². The summed E-state index contributed by atoms with van der Waals surface area (Å²) in [5.74, 6) is 0.693. The Labute approximate surface area is 74.7 Å². The summed E-state index contributed by atoms with van der Waals surface area (Å²) in [5, 5.41) is 2.58. The zero-order chi connectivity index (χ0) is 9.56. The summed E-state index contributed by atoms with van der Waals surface area (Å²) in [7, 11) is 1.65. The zero-order valence-corrected chi connectivity index (χ0v) is 8.26. The summed E-state index contributed by atoms with van der Waals surface area (Å²) in [5.41, 5.74) is 5.80. The number of carbonyl (C=O) groups excluding carboxylic acids is 1. The Morgan fingerprint density at radius 2 is 2.08 bits per heavy atom. The van der Waals surface area contributed by atoms with Gasteiger partial charge in [0, 0.05) is 19.5 Å². The second-order valence-electron chi connectivity index (χ2n) is 3.60. The molecular formula is C9H20N2O. The summed E-state index contributed by atoms with van der Waals surface area (Å²) in [6.45, 7) is 4.28. The maximum Gasteiger partial charge on any atom is 0.219 e. The van der Waals surface area contributed by atoms with Gasteiger partial charge in [0.05, 0.1) is 0 Å². The lowest BCUT2D eigenvalue weighted by Crippen LogP contribution is -2.26. The van der Waals surface area contributed by atoms with Crippen molar-refractivity contribution < 1.29 is 4.79 Å². The number of carbonyl (C=O) groups is 1. The molecule has 72 valence electrons. The van der Waals surface area contributed by atoms with Crippen LogP contribution in [0.4, 0.5) is 0 Å². The van der Waals surface area contributed by atoms with Crippen LogP contribution in [-0.2, 0) is 4.79 Å². The normalized spacial score (nSPS) is 13.1. The first kappa shape index (κ1) is 11.4. The van der Waals surface area contributed by atoms with Gasteiger partial charge in [-0.1, -0.05) is 13.8 Å². The van der Waals surface area contributed by atoms with Crippen LogP contribution in [0, 0.1) is 5.92 Å². The average molecular weight is 172 g/mol. The minimum absolute atomic E-state index is 0.0780. The fourth-order valence-corrected chi connectivity index (χ4v) is 1.16. The number of amides is 1. The second-order valence-corrected chi connectivity index (χ2v) is 3.60. The van der Waals surface area contributed by atoms with Crippen LogP contribution in [0.15, 0.2) is 0 Å². The topological polar surface area (TPSA) is 55.1 Å². The third-order valence-electron chi connectivity index (χ3n) is 1.80. The standard InChI is InChI=1S/C9H20N2O/c1-7(2)6-8(10)4-5-9(12)11-3/h7-8H,4-6,10H2,1-3H3,(H,11,12)/t8-/m1/s1. The van der Waals surface area contributed by atoms with E-state index in [9.17, 15) is 4.79 Å². The number of rotatable bonds is 5. The molecule has 0 spiro atoms. The van der Waals surface area contributed by atoms with Gasteiger partial charge >= 0.3 is 0 Å². The van der Waals surface area contributed by atoms with Gasteiger partial charge in [-0.25, -0.2) is 0 Å². The molecular weight excluding hydrogens is 152 g/mol. The number of nitrogens with two attached hydrogens (primary N) is 1. The van der Waals surface area contributed by atoms with E-state index >= 15 is 0 Å². The highest BCUT2D eigenvalue weighted by molar-refractivity contribution is 5.75. The van der Waals surface area contributed by atoms with Crippen LogP contribution in [0.1, 0.15) is 33.1 Å². The highest BCUT2D eigenvalue weighted by atomic mass is 16.1. The fourth-order valence-electron chi connectivity index (χ4n) is 1.16. The zero-order valence-electron chi connectivity index (χ0n) is 8.26. The molecule has 0 rings (SSSR count). The van der Waals surface area contributed by atoms with Gasteiger partial charge in [-0.3, -0.25) is 4.79 Å². The molecule has 3 nitrogen and oxygen atoms in total. The highest BCUT2D eigenvalue weighted by Gasteiger charge is 2.07. The Morgan fingerprint density at radius 1 is 1.50 bits per heavy atom. The molecule has 1 atom stereocenters. The Hall–Kier alpha value is -0.570. The maximum atomic E-state index is 10.8. The SMILES string of the molecule is CNC(=O)CC[C@@H](N)CC(C)C. The molecule has 0 radical (unpaired) electrons. The Kier molecular flexibility index (Phi) is 5.72. The monoisotopic (exact) mass is 172 g/mol. The minimum Gasteiger partial charge on any atom is -0.359 e. The molecule has 0 aliphatic heterocycles. The van der Waals surface area contributed by atoms with Crippen molar-refractivity contribution in [2.24, 2.45) is 11.7 Å². The van der Waals surface area contributed by atoms with Gasteiger partial charge in [-0.15, -0.1) is 0 Å². The Balaban J connectivity index is 3.43. The van der Waals surface area contributed by atoms with Crippen molar-refractivity contribution in [2.45, 2.75) is 39.2 Å². The minimum atomic E-state index is 0.0780. The first-order valence-electron chi connectivity index (χ1n) is 4.52. The van der Waals surface area contributed by atoms with Crippen LogP contribution in [0.5, 0.6) is 0 Å². The van der Waals surface area contributed by atoms with E-state index in [0.29, 0.717) is 12.3 Å². The molecule has 0 aromatic rings. The third-order valence-corrected chi connectivity index (χ3v) is 1.80. The lowest BCUT2D eigenvalue weighted by Gasteiger charge is -2.12. The molecule has 3 N–H and O–H groups in total. The average Bonchev–Trinajstić information content (AvgIpc) is 1.99. The molecule has 0 saturated carbocycles. The van der Waals surface area contributed by atoms with Gasteiger partial charge in [0.15, 0.2) is 0 Å². The molecule has 0 fully saturated rings. The smallest absolute Gasteiger partial charge is 0.219 e. The first-order chi connectivity index (χ1) is 5.56. The molecule has 0 bridgehead atoms. The predicted molar refractivity (Wildman–Crippen MR) is 50.7 cm³/mol. The van der Waals surface area contributed by atoms with Crippen LogP contribution in [0.3, 0.4) is 0 Å². The third kappa shape index (κ3) is 6.16. The number of hydrogen-bond acceptors (Lipinski definition) is 2. The van der Waals surface area contributed by atoms with Gasteiger partial charge in [0.1, 0.15) is 0 Å². The van der Waals surface area contributed by atoms with E-state index in [1.807, 2.05) is 0 Å². The van der Waals surface area contributed by atoms with Gasteiger partial charge in [0.25, 0.3) is 0 Å². The summed E-state index contributed by atoms with van der Waals surface area (Å²) in [6, 6.07) is 0.169. The van der Waals surface area contributed by atoms with Crippen LogP contribution >= 0.6 is 0 Å². The van der Waals surface area contributed by atoms with Crippen molar-refractivity contribution >= 4 is 5.91 Å². The van der Waals surface area contributed by atoms with Crippen LogP contribution in [0.25, 0.3) is 0 Å². The molecule has 0 aromatic heterocycles. The molecule has 0 unspecified atom stereocenters. The number of nitrogens with one attached hydrogen (secondary N) is 1. The van der Waals surface area contributed by atoms with Crippen molar-refractivity contribution in [1.29, 1.82) is 0 Å². The van der Waals surface area contributed by atoms with Crippen molar-refractivity contribution in [3.63, 3.8) is 0 Å². The first-order valence-corrected chi connectivity index (χ1v) is 4.52. The lowest BCUT2D eigenvalue weighted by molar-refractivity contribution is -0.120. The lowest BCUT2D eigenvalue weighted by atomic mass is 10.0. The molecule has 0 aliphatic carbocycles. The maximum absolute atomic E-state index is 10.8.